The number of benzodiazepines with no additional fused rings is 1. The largest absolute Gasteiger partial charge is 0.379 e. The van der Waals surface area contributed by atoms with Gasteiger partial charge in [0, 0.05) is 48.7 Å². The molecule has 0 saturated carbocycles. The first kappa shape index (κ1) is 21.9. The number of hydrogen-bond acceptors (Lipinski definition) is 6. The fourth-order valence-electron chi connectivity index (χ4n) is 4.18. The smallest absolute Gasteiger partial charge is 0.269 e. The molecular weight excluding hydrogens is 430 g/mol. The van der Waals surface area contributed by atoms with Crippen LogP contribution in [-0.4, -0.2) is 59.9 Å². The summed E-state index contributed by atoms with van der Waals surface area (Å²) < 4.78 is 5.43. The van der Waals surface area contributed by atoms with Gasteiger partial charge in [-0.15, -0.1) is 0 Å². The second kappa shape index (κ2) is 9.94. The molecule has 2 aliphatic rings. The van der Waals surface area contributed by atoms with Gasteiger partial charge < -0.3 is 15.4 Å². The second-order valence-corrected chi connectivity index (χ2v) is 8.17. The zero-order chi connectivity index (χ0) is 23.3. The lowest BCUT2D eigenvalue weighted by Gasteiger charge is -2.27. The minimum atomic E-state index is -1.08. The molecule has 1 unspecified atom stereocenters. The summed E-state index contributed by atoms with van der Waals surface area (Å²) in [6.45, 7) is 3.64. The molecule has 3 aromatic rings. The number of hydrogen-bond donors (Lipinski definition) is 2. The number of aromatic nitrogens is 1. The molecule has 34 heavy (non-hydrogen) atoms. The normalized spacial score (nSPS) is 18.3. The van der Waals surface area contributed by atoms with Crippen molar-refractivity contribution in [3.8, 4) is 0 Å². The summed E-state index contributed by atoms with van der Waals surface area (Å²) in [6.07, 6.45) is 2.27. The predicted molar refractivity (Wildman–Crippen MR) is 129 cm³/mol. The van der Waals surface area contributed by atoms with Crippen LogP contribution in [-0.2, 0) is 16.1 Å². The van der Waals surface area contributed by atoms with Gasteiger partial charge in [-0.1, -0.05) is 36.4 Å². The number of anilines is 1. The Morgan fingerprint density at radius 2 is 1.76 bits per heavy atom. The van der Waals surface area contributed by atoms with E-state index in [1.165, 1.54) is 0 Å². The van der Waals surface area contributed by atoms with E-state index in [4.69, 9.17) is 9.73 Å². The van der Waals surface area contributed by atoms with Crippen molar-refractivity contribution in [3.63, 3.8) is 0 Å². The highest BCUT2D eigenvalue weighted by Crippen LogP contribution is 2.24. The number of fused-ring (bicyclic) bond motifs is 1. The first-order valence-corrected chi connectivity index (χ1v) is 11.3. The number of amides is 2. The Hall–Kier alpha value is -3.88. The number of rotatable bonds is 5. The van der Waals surface area contributed by atoms with Crippen LogP contribution in [0.1, 0.15) is 27.0 Å². The lowest BCUT2D eigenvalue weighted by molar-refractivity contribution is -0.117. The van der Waals surface area contributed by atoms with E-state index in [2.05, 4.69) is 20.5 Å². The number of aliphatic imine (C=N–C) groups is 1. The lowest BCUT2D eigenvalue weighted by atomic mass is 10.0. The van der Waals surface area contributed by atoms with Crippen LogP contribution in [0.2, 0.25) is 0 Å². The van der Waals surface area contributed by atoms with Crippen molar-refractivity contribution < 1.29 is 14.3 Å². The van der Waals surface area contributed by atoms with E-state index < -0.39 is 12.1 Å². The Labute approximate surface area is 197 Å². The SMILES string of the molecule is O=C(NC1N=C(c2ccncc2)c2ccccc2NC1=O)c1ccccc1CN1CCOCC1. The Bertz CT molecular complexity index is 1220. The van der Waals surface area contributed by atoms with Gasteiger partial charge in [0.25, 0.3) is 11.8 Å². The van der Waals surface area contributed by atoms with Gasteiger partial charge in [-0.25, -0.2) is 4.99 Å². The van der Waals surface area contributed by atoms with Crippen molar-refractivity contribution in [3.05, 3.63) is 95.3 Å². The van der Waals surface area contributed by atoms with Gasteiger partial charge in [-0.05, 0) is 29.8 Å². The summed E-state index contributed by atoms with van der Waals surface area (Å²) in [5.74, 6) is -0.733. The monoisotopic (exact) mass is 455 g/mol. The average molecular weight is 456 g/mol. The van der Waals surface area contributed by atoms with Gasteiger partial charge in [-0.2, -0.15) is 0 Å². The standard InChI is InChI=1S/C26H25N5O3/c32-25(20-6-2-1-5-19(20)17-31-13-15-34-16-14-31)30-24-26(33)28-22-8-4-3-7-21(22)23(29-24)18-9-11-27-12-10-18/h1-12,24H,13-17H2,(H,28,33)(H,30,32). The van der Waals surface area contributed by atoms with Crippen LogP contribution < -0.4 is 10.6 Å². The third-order valence-electron chi connectivity index (χ3n) is 5.93. The zero-order valence-corrected chi connectivity index (χ0v) is 18.6. The minimum Gasteiger partial charge on any atom is -0.379 e. The lowest BCUT2D eigenvalue weighted by Crippen LogP contribution is -2.43. The molecule has 5 rings (SSSR count). The Balaban J connectivity index is 1.44. The molecule has 8 nitrogen and oxygen atoms in total. The molecule has 1 fully saturated rings. The summed E-state index contributed by atoms with van der Waals surface area (Å²) >= 11 is 0. The van der Waals surface area contributed by atoms with Crippen molar-refractivity contribution in [1.29, 1.82) is 0 Å². The first-order chi connectivity index (χ1) is 16.7. The van der Waals surface area contributed by atoms with Gasteiger partial charge in [0.05, 0.1) is 24.6 Å². The maximum absolute atomic E-state index is 13.3. The number of nitrogens with one attached hydrogen (secondary N) is 2. The van der Waals surface area contributed by atoms with Gasteiger partial charge in [0.15, 0.2) is 0 Å². The molecule has 8 heteroatoms. The molecule has 0 aliphatic carbocycles. The average Bonchev–Trinajstić information content (AvgIpc) is 3.01. The number of nitrogens with zero attached hydrogens (tertiary/aromatic N) is 3. The molecule has 2 aliphatic heterocycles. The maximum atomic E-state index is 13.3. The van der Waals surface area contributed by atoms with Crippen LogP contribution >= 0.6 is 0 Å². The van der Waals surface area contributed by atoms with Gasteiger partial charge in [0.2, 0.25) is 6.17 Å². The number of pyridine rings is 1. The molecule has 0 radical (unpaired) electrons. The van der Waals surface area contributed by atoms with E-state index in [1.807, 2.05) is 54.6 Å². The van der Waals surface area contributed by atoms with E-state index in [0.29, 0.717) is 36.7 Å². The van der Waals surface area contributed by atoms with E-state index in [-0.39, 0.29) is 5.91 Å². The van der Waals surface area contributed by atoms with E-state index in [9.17, 15) is 9.59 Å². The fourth-order valence-corrected chi connectivity index (χ4v) is 4.18. The molecule has 0 spiro atoms. The Morgan fingerprint density at radius 1 is 1.03 bits per heavy atom. The van der Waals surface area contributed by atoms with Crippen LogP contribution in [0.4, 0.5) is 5.69 Å². The van der Waals surface area contributed by atoms with Crippen LogP contribution in [0.3, 0.4) is 0 Å². The summed E-state index contributed by atoms with van der Waals surface area (Å²) in [4.78, 5) is 37.4. The zero-order valence-electron chi connectivity index (χ0n) is 18.6. The van der Waals surface area contributed by atoms with Gasteiger partial charge in [0.1, 0.15) is 0 Å². The molecule has 0 bridgehead atoms. The van der Waals surface area contributed by atoms with E-state index in [1.54, 1.807) is 18.5 Å². The summed E-state index contributed by atoms with van der Waals surface area (Å²) in [6, 6.07) is 18.6. The second-order valence-electron chi connectivity index (χ2n) is 8.17. The molecular formula is C26H25N5O3. The van der Waals surface area contributed by atoms with Crippen LogP contribution in [0.25, 0.3) is 0 Å². The predicted octanol–water partition coefficient (Wildman–Crippen LogP) is 2.46. The minimum absolute atomic E-state index is 0.340. The summed E-state index contributed by atoms with van der Waals surface area (Å²) in [5, 5.41) is 5.74. The van der Waals surface area contributed by atoms with Crippen molar-refractivity contribution in [2.75, 3.05) is 31.6 Å². The van der Waals surface area contributed by atoms with Crippen LogP contribution in [0.15, 0.2) is 78.0 Å². The number of carbonyl (C=O) groups excluding carboxylic acids is 2. The number of benzene rings is 2. The van der Waals surface area contributed by atoms with Crippen molar-refractivity contribution in [2.24, 2.45) is 4.99 Å². The molecule has 172 valence electrons. The van der Waals surface area contributed by atoms with Crippen LogP contribution in [0.5, 0.6) is 0 Å². The molecule has 2 aromatic carbocycles. The molecule has 3 heterocycles. The van der Waals surface area contributed by atoms with Gasteiger partial charge in [-0.3, -0.25) is 19.5 Å². The molecule has 1 atom stereocenters. The third-order valence-corrected chi connectivity index (χ3v) is 5.93. The first-order valence-electron chi connectivity index (χ1n) is 11.3. The fraction of sp³-hybridized carbons (Fsp3) is 0.231. The topological polar surface area (TPSA) is 95.9 Å². The molecule has 2 amide bonds. The molecule has 2 N–H and O–H groups in total. The van der Waals surface area contributed by atoms with E-state index >= 15 is 0 Å². The third kappa shape index (κ3) is 4.73. The Kier molecular flexibility index (Phi) is 6.42. The van der Waals surface area contributed by atoms with Crippen molar-refractivity contribution in [2.45, 2.75) is 12.7 Å². The number of morpholine rings is 1. The molecule has 1 saturated heterocycles. The number of para-hydroxylation sites is 1. The number of carbonyl (C=O) groups is 2. The highest BCUT2D eigenvalue weighted by atomic mass is 16.5. The summed E-state index contributed by atoms with van der Waals surface area (Å²) in [7, 11) is 0. The van der Waals surface area contributed by atoms with Crippen molar-refractivity contribution in [1.82, 2.24) is 15.2 Å². The number of ether oxygens (including phenoxy) is 1. The van der Waals surface area contributed by atoms with Crippen molar-refractivity contribution >= 4 is 23.2 Å². The quantitative estimate of drug-likeness (QED) is 0.616. The van der Waals surface area contributed by atoms with E-state index in [0.717, 1.165) is 29.8 Å². The highest BCUT2D eigenvalue weighted by molar-refractivity contribution is 6.20. The Morgan fingerprint density at radius 3 is 2.59 bits per heavy atom. The summed E-state index contributed by atoms with van der Waals surface area (Å²) in [5.41, 5.74) is 4.29. The van der Waals surface area contributed by atoms with Gasteiger partial charge >= 0.3 is 0 Å². The highest BCUT2D eigenvalue weighted by Gasteiger charge is 2.28. The van der Waals surface area contributed by atoms with Crippen LogP contribution in [0, 0.1) is 0 Å². The molecule has 1 aromatic heterocycles. The maximum Gasteiger partial charge on any atom is 0.269 e.